The molecule has 1 amide bonds. The summed E-state index contributed by atoms with van der Waals surface area (Å²) >= 11 is 0. The SMILES string of the molecule is Cc1cccc([C@@H](C)NC(=O)[C@H]2CC(C)C[C@H]2C(=O)O)c1. The Morgan fingerprint density at radius 2 is 1.95 bits per heavy atom. The van der Waals surface area contributed by atoms with Crippen molar-refractivity contribution in [1.82, 2.24) is 5.32 Å². The van der Waals surface area contributed by atoms with Crippen molar-refractivity contribution in [2.24, 2.45) is 17.8 Å². The molecule has 1 aliphatic carbocycles. The van der Waals surface area contributed by atoms with Gasteiger partial charge in [0.05, 0.1) is 17.9 Å². The molecule has 1 fully saturated rings. The number of benzene rings is 1. The van der Waals surface area contributed by atoms with Gasteiger partial charge in [-0.25, -0.2) is 0 Å². The molecule has 1 aromatic carbocycles. The molecule has 2 rings (SSSR count). The maximum absolute atomic E-state index is 12.4. The van der Waals surface area contributed by atoms with E-state index in [1.807, 2.05) is 45.0 Å². The quantitative estimate of drug-likeness (QED) is 0.895. The number of carboxylic acid groups (broad SMARTS) is 1. The number of rotatable bonds is 4. The van der Waals surface area contributed by atoms with E-state index in [0.29, 0.717) is 12.8 Å². The van der Waals surface area contributed by atoms with Crippen molar-refractivity contribution < 1.29 is 14.7 Å². The number of amides is 1. The van der Waals surface area contributed by atoms with Crippen molar-refractivity contribution in [2.45, 2.75) is 39.7 Å². The summed E-state index contributed by atoms with van der Waals surface area (Å²) in [5, 5.41) is 12.2. The Morgan fingerprint density at radius 1 is 1.29 bits per heavy atom. The molecule has 0 aromatic heterocycles. The van der Waals surface area contributed by atoms with E-state index in [1.165, 1.54) is 0 Å². The summed E-state index contributed by atoms with van der Waals surface area (Å²) < 4.78 is 0. The molecular weight excluding hydrogens is 266 g/mol. The molecule has 114 valence electrons. The van der Waals surface area contributed by atoms with E-state index in [0.717, 1.165) is 11.1 Å². The first-order valence-electron chi connectivity index (χ1n) is 7.48. The largest absolute Gasteiger partial charge is 0.481 e. The number of hydrogen-bond donors (Lipinski definition) is 2. The normalized spacial score (nSPS) is 26.3. The van der Waals surface area contributed by atoms with Gasteiger partial charge in [-0.2, -0.15) is 0 Å². The zero-order valence-corrected chi connectivity index (χ0v) is 12.8. The summed E-state index contributed by atoms with van der Waals surface area (Å²) in [5.41, 5.74) is 2.19. The summed E-state index contributed by atoms with van der Waals surface area (Å²) in [7, 11) is 0. The average molecular weight is 289 g/mol. The first-order chi connectivity index (χ1) is 9.88. The van der Waals surface area contributed by atoms with E-state index in [2.05, 4.69) is 5.32 Å². The van der Waals surface area contributed by atoms with Crippen LogP contribution >= 0.6 is 0 Å². The van der Waals surface area contributed by atoms with E-state index in [9.17, 15) is 14.7 Å². The standard InChI is InChI=1S/C17H23NO3/c1-10-5-4-6-13(7-10)12(3)18-16(19)14-8-11(2)9-15(14)17(20)21/h4-7,11-12,14-15H,8-9H2,1-3H3,(H,18,19)(H,20,21)/t11?,12-,14+,15-/m1/s1. The van der Waals surface area contributed by atoms with E-state index in [-0.39, 0.29) is 17.9 Å². The molecule has 0 spiro atoms. The first kappa shape index (κ1) is 15.5. The monoisotopic (exact) mass is 289 g/mol. The highest BCUT2D eigenvalue weighted by molar-refractivity contribution is 5.85. The van der Waals surface area contributed by atoms with Crippen LogP contribution in [0, 0.1) is 24.7 Å². The Labute approximate surface area is 125 Å². The van der Waals surface area contributed by atoms with Crippen LogP contribution in [0.1, 0.15) is 43.9 Å². The molecule has 4 nitrogen and oxygen atoms in total. The maximum atomic E-state index is 12.4. The molecule has 4 heteroatoms. The highest BCUT2D eigenvalue weighted by Crippen LogP contribution is 2.36. The lowest BCUT2D eigenvalue weighted by molar-refractivity contribution is -0.146. The van der Waals surface area contributed by atoms with Crippen molar-refractivity contribution in [3.05, 3.63) is 35.4 Å². The molecule has 0 saturated heterocycles. The van der Waals surface area contributed by atoms with E-state index >= 15 is 0 Å². The Balaban J connectivity index is 2.05. The van der Waals surface area contributed by atoms with Crippen molar-refractivity contribution in [3.8, 4) is 0 Å². The third-order valence-electron chi connectivity index (χ3n) is 4.35. The second kappa shape index (κ2) is 6.29. The first-order valence-corrected chi connectivity index (χ1v) is 7.48. The molecule has 0 aliphatic heterocycles. The fraction of sp³-hybridized carbons (Fsp3) is 0.529. The second-order valence-electron chi connectivity index (χ2n) is 6.27. The van der Waals surface area contributed by atoms with Gasteiger partial charge in [-0.3, -0.25) is 9.59 Å². The summed E-state index contributed by atoms with van der Waals surface area (Å²) in [5.74, 6) is -1.67. The highest BCUT2D eigenvalue weighted by atomic mass is 16.4. The lowest BCUT2D eigenvalue weighted by Crippen LogP contribution is -2.36. The molecule has 1 aliphatic rings. The molecular formula is C17H23NO3. The van der Waals surface area contributed by atoms with Gasteiger partial charge in [-0.1, -0.05) is 36.8 Å². The minimum absolute atomic E-state index is 0.109. The fourth-order valence-corrected chi connectivity index (χ4v) is 3.20. The minimum Gasteiger partial charge on any atom is -0.481 e. The van der Waals surface area contributed by atoms with Crippen LogP contribution in [0.15, 0.2) is 24.3 Å². The third kappa shape index (κ3) is 3.63. The minimum atomic E-state index is -0.859. The average Bonchev–Trinajstić information content (AvgIpc) is 2.81. The predicted molar refractivity (Wildman–Crippen MR) is 80.8 cm³/mol. The summed E-state index contributed by atoms with van der Waals surface area (Å²) in [6.45, 7) is 5.95. The molecule has 1 saturated carbocycles. The van der Waals surface area contributed by atoms with Crippen LogP contribution in [0.3, 0.4) is 0 Å². The van der Waals surface area contributed by atoms with Crippen molar-refractivity contribution in [2.75, 3.05) is 0 Å². The van der Waals surface area contributed by atoms with Gasteiger partial charge in [0.25, 0.3) is 0 Å². The third-order valence-corrected chi connectivity index (χ3v) is 4.35. The van der Waals surface area contributed by atoms with Crippen LogP contribution in [0.4, 0.5) is 0 Å². The lowest BCUT2D eigenvalue weighted by atomic mass is 9.94. The summed E-state index contributed by atoms with van der Waals surface area (Å²) in [4.78, 5) is 23.7. The predicted octanol–water partition coefficient (Wildman–Crippen LogP) is 2.92. The van der Waals surface area contributed by atoms with Gasteiger partial charge in [-0.15, -0.1) is 0 Å². The Kier molecular flexibility index (Phi) is 4.66. The number of carboxylic acids is 1. The van der Waals surface area contributed by atoms with Gasteiger partial charge in [0.15, 0.2) is 0 Å². The number of carbonyl (C=O) groups is 2. The molecule has 0 radical (unpaired) electrons. The van der Waals surface area contributed by atoms with Gasteiger partial charge in [-0.05, 0) is 38.2 Å². The number of aryl methyl sites for hydroxylation is 1. The van der Waals surface area contributed by atoms with Crippen molar-refractivity contribution >= 4 is 11.9 Å². The van der Waals surface area contributed by atoms with Gasteiger partial charge < -0.3 is 10.4 Å². The molecule has 1 unspecified atom stereocenters. The fourth-order valence-electron chi connectivity index (χ4n) is 3.20. The molecule has 0 bridgehead atoms. The van der Waals surface area contributed by atoms with Crippen LogP contribution in [-0.4, -0.2) is 17.0 Å². The van der Waals surface area contributed by atoms with Crippen LogP contribution in [0.2, 0.25) is 0 Å². The zero-order valence-electron chi connectivity index (χ0n) is 12.8. The smallest absolute Gasteiger partial charge is 0.307 e. The second-order valence-corrected chi connectivity index (χ2v) is 6.27. The van der Waals surface area contributed by atoms with E-state index in [4.69, 9.17) is 0 Å². The van der Waals surface area contributed by atoms with Crippen LogP contribution in [0.5, 0.6) is 0 Å². The Hall–Kier alpha value is -1.84. The molecule has 21 heavy (non-hydrogen) atoms. The van der Waals surface area contributed by atoms with Gasteiger partial charge >= 0.3 is 5.97 Å². The topological polar surface area (TPSA) is 66.4 Å². The van der Waals surface area contributed by atoms with Crippen molar-refractivity contribution in [3.63, 3.8) is 0 Å². The molecule has 0 heterocycles. The van der Waals surface area contributed by atoms with E-state index in [1.54, 1.807) is 0 Å². The van der Waals surface area contributed by atoms with Gasteiger partial charge in [0.2, 0.25) is 5.91 Å². The number of hydrogen-bond acceptors (Lipinski definition) is 2. The summed E-state index contributed by atoms with van der Waals surface area (Å²) in [6, 6.07) is 7.88. The van der Waals surface area contributed by atoms with E-state index < -0.39 is 17.8 Å². The van der Waals surface area contributed by atoms with Crippen LogP contribution < -0.4 is 5.32 Å². The lowest BCUT2D eigenvalue weighted by Gasteiger charge is -2.20. The van der Waals surface area contributed by atoms with Gasteiger partial charge in [0.1, 0.15) is 0 Å². The molecule has 2 N–H and O–H groups in total. The zero-order chi connectivity index (χ0) is 15.6. The number of nitrogens with one attached hydrogen (secondary N) is 1. The van der Waals surface area contributed by atoms with Crippen LogP contribution in [0.25, 0.3) is 0 Å². The molecule has 1 aromatic rings. The summed E-state index contributed by atoms with van der Waals surface area (Å²) in [6.07, 6.45) is 1.25. The Morgan fingerprint density at radius 3 is 2.57 bits per heavy atom. The van der Waals surface area contributed by atoms with Crippen LogP contribution in [-0.2, 0) is 9.59 Å². The molecule has 4 atom stereocenters. The maximum Gasteiger partial charge on any atom is 0.307 e. The van der Waals surface area contributed by atoms with Crippen molar-refractivity contribution in [1.29, 1.82) is 0 Å². The number of aliphatic carboxylic acids is 1. The highest BCUT2D eigenvalue weighted by Gasteiger charge is 2.41. The van der Waals surface area contributed by atoms with Gasteiger partial charge in [0, 0.05) is 0 Å². The number of carbonyl (C=O) groups excluding carboxylic acids is 1. The Bertz CT molecular complexity index is 541.